The molecule has 0 bridgehead atoms. The number of carbonyl (C=O) groups excluding carboxylic acids is 1. The van der Waals surface area contributed by atoms with Crippen LogP contribution in [-0.2, 0) is 11.8 Å². The number of hydrogen-bond acceptors (Lipinski definition) is 5. The Morgan fingerprint density at radius 1 is 1.40 bits per heavy atom. The van der Waals surface area contributed by atoms with E-state index < -0.39 is 11.7 Å². The number of nitrogens with one attached hydrogen (secondary N) is 3. The number of rotatable bonds is 6. The molecule has 1 aromatic heterocycles. The van der Waals surface area contributed by atoms with Crippen molar-refractivity contribution in [2.24, 2.45) is 18.0 Å². The van der Waals surface area contributed by atoms with E-state index in [0.29, 0.717) is 12.6 Å². The van der Waals surface area contributed by atoms with Gasteiger partial charge in [-0.05, 0) is 39.5 Å². The van der Waals surface area contributed by atoms with Gasteiger partial charge >= 0.3 is 6.09 Å². The lowest BCUT2D eigenvalue weighted by Crippen LogP contribution is -2.54. The van der Waals surface area contributed by atoms with Crippen molar-refractivity contribution in [2.75, 3.05) is 31.6 Å². The average molecular weight is 422 g/mol. The smallest absolute Gasteiger partial charge is 0.407 e. The van der Waals surface area contributed by atoms with Gasteiger partial charge in [0, 0.05) is 46.0 Å². The molecule has 2 rings (SSSR count). The Morgan fingerprint density at radius 3 is 2.70 bits per heavy atom. The maximum atomic E-state index is 12.2. The summed E-state index contributed by atoms with van der Waals surface area (Å²) in [7, 11) is 3.70. The zero-order valence-electron chi connectivity index (χ0n) is 19.5. The fraction of sp³-hybridized carbons (Fsp3) is 0.762. The minimum Gasteiger partial charge on any atom is -0.444 e. The van der Waals surface area contributed by atoms with Crippen LogP contribution < -0.4 is 20.9 Å². The third kappa shape index (κ3) is 7.76. The van der Waals surface area contributed by atoms with Gasteiger partial charge < -0.3 is 25.6 Å². The second-order valence-corrected chi connectivity index (χ2v) is 9.25. The van der Waals surface area contributed by atoms with Gasteiger partial charge in [-0.25, -0.2) is 4.79 Å². The van der Waals surface area contributed by atoms with Gasteiger partial charge in [-0.3, -0.25) is 9.67 Å². The molecular weight excluding hydrogens is 382 g/mol. The number of aromatic nitrogens is 2. The number of nitrogens with zero attached hydrogens (tertiary/aromatic N) is 4. The molecule has 9 nitrogen and oxygen atoms in total. The monoisotopic (exact) mass is 421 g/mol. The summed E-state index contributed by atoms with van der Waals surface area (Å²) in [6.07, 6.45) is 5.75. The summed E-state index contributed by atoms with van der Waals surface area (Å²) in [6, 6.07) is 0.220. The van der Waals surface area contributed by atoms with Gasteiger partial charge in [-0.2, -0.15) is 5.10 Å². The van der Waals surface area contributed by atoms with Gasteiger partial charge in [0.15, 0.2) is 5.96 Å². The lowest BCUT2D eigenvalue weighted by atomic mass is 10.0. The molecule has 9 heteroatoms. The topological polar surface area (TPSA) is 95.8 Å². The number of guanidine groups is 1. The number of piperidine rings is 1. The van der Waals surface area contributed by atoms with Crippen LogP contribution in [0.25, 0.3) is 0 Å². The molecule has 1 saturated heterocycles. The van der Waals surface area contributed by atoms with Crippen molar-refractivity contribution in [3.63, 3.8) is 0 Å². The Balaban J connectivity index is 1.87. The number of aryl methyl sites for hydroxylation is 1. The van der Waals surface area contributed by atoms with Crippen LogP contribution in [0.2, 0.25) is 0 Å². The van der Waals surface area contributed by atoms with E-state index in [1.54, 1.807) is 7.05 Å². The Hall–Kier alpha value is -2.45. The normalized spacial score (nSPS) is 18.9. The predicted octanol–water partition coefficient (Wildman–Crippen LogP) is 2.10. The first-order chi connectivity index (χ1) is 14.1. The van der Waals surface area contributed by atoms with E-state index in [0.717, 1.165) is 37.6 Å². The molecule has 170 valence electrons. The summed E-state index contributed by atoms with van der Waals surface area (Å²) in [6.45, 7) is 12.2. The Kier molecular flexibility index (Phi) is 8.37. The molecule has 2 atom stereocenters. The maximum Gasteiger partial charge on any atom is 0.407 e. The molecule has 2 unspecified atom stereocenters. The van der Waals surface area contributed by atoms with Crippen molar-refractivity contribution in [3.05, 3.63) is 12.4 Å². The second-order valence-electron chi connectivity index (χ2n) is 9.25. The van der Waals surface area contributed by atoms with E-state index in [4.69, 9.17) is 4.74 Å². The highest BCUT2D eigenvalue weighted by molar-refractivity contribution is 5.80. The van der Waals surface area contributed by atoms with Gasteiger partial charge in [-0.1, -0.05) is 13.8 Å². The molecule has 2 heterocycles. The Labute approximate surface area is 180 Å². The molecule has 3 N–H and O–H groups in total. The van der Waals surface area contributed by atoms with Gasteiger partial charge in [0.05, 0.1) is 17.9 Å². The number of amides is 1. The van der Waals surface area contributed by atoms with Crippen LogP contribution in [0.15, 0.2) is 17.4 Å². The lowest BCUT2D eigenvalue weighted by Gasteiger charge is -2.34. The average Bonchev–Trinajstić information content (AvgIpc) is 3.09. The predicted molar refractivity (Wildman–Crippen MR) is 121 cm³/mol. The van der Waals surface area contributed by atoms with Crippen molar-refractivity contribution < 1.29 is 9.53 Å². The van der Waals surface area contributed by atoms with Crippen LogP contribution in [0.5, 0.6) is 0 Å². The molecule has 0 aliphatic carbocycles. The van der Waals surface area contributed by atoms with E-state index in [1.807, 2.05) is 44.9 Å². The van der Waals surface area contributed by atoms with Gasteiger partial charge in [-0.15, -0.1) is 0 Å². The van der Waals surface area contributed by atoms with E-state index in [1.165, 1.54) is 0 Å². The zero-order valence-corrected chi connectivity index (χ0v) is 19.5. The summed E-state index contributed by atoms with van der Waals surface area (Å²) in [5.41, 5.74) is 0.631. The van der Waals surface area contributed by atoms with Crippen LogP contribution in [-0.4, -0.2) is 66.2 Å². The summed E-state index contributed by atoms with van der Waals surface area (Å²) in [5.74, 6) is 0.989. The highest BCUT2D eigenvalue weighted by Gasteiger charge is 2.24. The third-order valence-corrected chi connectivity index (χ3v) is 5.04. The van der Waals surface area contributed by atoms with Crippen molar-refractivity contribution >= 4 is 17.7 Å². The van der Waals surface area contributed by atoms with E-state index in [2.05, 4.69) is 44.8 Å². The first-order valence-electron chi connectivity index (χ1n) is 10.8. The number of anilines is 1. The van der Waals surface area contributed by atoms with Crippen LogP contribution in [0.4, 0.5) is 10.5 Å². The fourth-order valence-electron chi connectivity index (χ4n) is 3.41. The van der Waals surface area contributed by atoms with Gasteiger partial charge in [0.25, 0.3) is 0 Å². The minimum absolute atomic E-state index is 0.0725. The number of carbonyl (C=O) groups is 1. The maximum absolute atomic E-state index is 12.2. The first kappa shape index (κ1) is 23.8. The lowest BCUT2D eigenvalue weighted by molar-refractivity contribution is 0.0491. The Bertz CT molecular complexity index is 708. The molecule has 30 heavy (non-hydrogen) atoms. The summed E-state index contributed by atoms with van der Waals surface area (Å²) >= 11 is 0. The molecule has 0 spiro atoms. The van der Waals surface area contributed by atoms with Crippen LogP contribution in [0, 0.1) is 5.92 Å². The van der Waals surface area contributed by atoms with Crippen LogP contribution >= 0.6 is 0 Å². The third-order valence-electron chi connectivity index (χ3n) is 5.04. The molecule has 1 amide bonds. The summed E-state index contributed by atoms with van der Waals surface area (Å²) < 4.78 is 7.22. The molecule has 0 radical (unpaired) electrons. The van der Waals surface area contributed by atoms with Crippen LogP contribution in [0.1, 0.15) is 47.5 Å². The molecular formula is C21H39N7O2. The highest BCUT2D eigenvalue weighted by atomic mass is 16.6. The molecule has 1 fully saturated rings. The standard InChI is InChI=1S/C21H39N7O2/c1-15(2)18(26-20(29)30-21(3,4)5)12-23-19(22-6)25-16-9-8-10-28(13-16)17-11-24-27(7)14-17/h11,14-16,18H,8-10,12-13H2,1-7H3,(H,26,29)(H2,22,23,25). The van der Waals surface area contributed by atoms with Crippen molar-refractivity contribution in [1.82, 2.24) is 25.7 Å². The van der Waals surface area contributed by atoms with E-state index in [9.17, 15) is 4.79 Å². The Morgan fingerprint density at radius 2 is 2.13 bits per heavy atom. The fourth-order valence-corrected chi connectivity index (χ4v) is 3.41. The molecule has 0 saturated carbocycles. The molecule has 0 aromatic carbocycles. The molecule has 1 aliphatic rings. The van der Waals surface area contributed by atoms with E-state index in [-0.39, 0.29) is 12.0 Å². The summed E-state index contributed by atoms with van der Waals surface area (Å²) in [4.78, 5) is 18.9. The largest absolute Gasteiger partial charge is 0.444 e. The SMILES string of the molecule is CN=C(NCC(NC(=O)OC(C)(C)C)C(C)C)NC1CCCN(c2cnn(C)c2)C1. The quantitative estimate of drug-likeness (QED) is 0.481. The second kappa shape index (κ2) is 10.5. The number of alkyl carbamates (subject to hydrolysis) is 1. The molecule has 1 aromatic rings. The van der Waals surface area contributed by atoms with Crippen molar-refractivity contribution in [1.29, 1.82) is 0 Å². The highest BCUT2D eigenvalue weighted by Crippen LogP contribution is 2.19. The first-order valence-corrected chi connectivity index (χ1v) is 10.8. The zero-order chi connectivity index (χ0) is 22.3. The van der Waals surface area contributed by atoms with E-state index >= 15 is 0 Å². The number of aliphatic imine (C=N–C) groups is 1. The summed E-state index contributed by atoms with van der Waals surface area (Å²) in [5, 5.41) is 14.1. The number of ether oxygens (including phenoxy) is 1. The van der Waals surface area contributed by atoms with Crippen molar-refractivity contribution in [3.8, 4) is 0 Å². The van der Waals surface area contributed by atoms with Gasteiger partial charge in [0.1, 0.15) is 5.60 Å². The minimum atomic E-state index is -0.516. The van der Waals surface area contributed by atoms with Crippen LogP contribution in [0.3, 0.4) is 0 Å². The van der Waals surface area contributed by atoms with Crippen molar-refractivity contribution in [2.45, 2.75) is 65.1 Å². The number of hydrogen-bond donors (Lipinski definition) is 3. The molecule has 1 aliphatic heterocycles. The van der Waals surface area contributed by atoms with Gasteiger partial charge in [0.2, 0.25) is 0 Å².